The zero-order valence-corrected chi connectivity index (χ0v) is 10.9. The van der Waals surface area contributed by atoms with Crippen molar-refractivity contribution >= 4 is 28.4 Å². The first-order valence-electron chi connectivity index (χ1n) is 5.51. The number of pyridine rings is 1. The fourth-order valence-corrected chi connectivity index (χ4v) is 2.66. The standard InChI is InChI=1S/C12H10FN5S/c1-18-12(16-6-17-18)19-11-8(13)5-9(14)7-3-2-4-15-10(7)11/h2-6H,14H2,1H3. The molecule has 3 rings (SSSR count). The van der Waals surface area contributed by atoms with Crippen LogP contribution in [0.3, 0.4) is 0 Å². The van der Waals surface area contributed by atoms with Gasteiger partial charge >= 0.3 is 0 Å². The number of nitrogens with zero attached hydrogens (tertiary/aromatic N) is 4. The van der Waals surface area contributed by atoms with E-state index in [1.807, 2.05) is 6.07 Å². The summed E-state index contributed by atoms with van der Waals surface area (Å²) in [6.45, 7) is 0. The van der Waals surface area contributed by atoms with Crippen molar-refractivity contribution in [1.82, 2.24) is 19.7 Å². The van der Waals surface area contributed by atoms with Gasteiger partial charge in [0.2, 0.25) is 0 Å². The van der Waals surface area contributed by atoms with Gasteiger partial charge in [0.1, 0.15) is 12.1 Å². The zero-order valence-electron chi connectivity index (χ0n) is 10.0. The Labute approximate surface area is 112 Å². The van der Waals surface area contributed by atoms with Crippen molar-refractivity contribution in [3.63, 3.8) is 0 Å². The van der Waals surface area contributed by atoms with Crippen molar-refractivity contribution in [3.05, 3.63) is 36.5 Å². The molecule has 0 spiro atoms. The smallest absolute Gasteiger partial charge is 0.190 e. The number of benzene rings is 1. The molecule has 2 heterocycles. The molecule has 19 heavy (non-hydrogen) atoms. The predicted octanol–water partition coefficient (Wildman–Crippen LogP) is 2.24. The first-order valence-corrected chi connectivity index (χ1v) is 6.33. The minimum absolute atomic E-state index is 0.378. The van der Waals surface area contributed by atoms with Gasteiger partial charge in [0.25, 0.3) is 0 Å². The van der Waals surface area contributed by atoms with E-state index in [0.29, 0.717) is 21.3 Å². The number of aryl methyl sites for hydroxylation is 1. The summed E-state index contributed by atoms with van der Waals surface area (Å²) in [6, 6.07) is 4.90. The number of nitrogens with two attached hydrogens (primary N) is 1. The highest BCUT2D eigenvalue weighted by Gasteiger charge is 2.15. The number of halogens is 1. The highest BCUT2D eigenvalue weighted by Crippen LogP contribution is 2.35. The molecule has 0 atom stereocenters. The van der Waals surface area contributed by atoms with Crippen LogP contribution in [0.5, 0.6) is 0 Å². The Morgan fingerprint density at radius 3 is 2.95 bits per heavy atom. The van der Waals surface area contributed by atoms with Crippen LogP contribution >= 0.6 is 11.8 Å². The quantitative estimate of drug-likeness (QED) is 0.726. The second kappa shape index (κ2) is 4.51. The normalized spacial score (nSPS) is 11.1. The Hall–Kier alpha value is -2.15. The van der Waals surface area contributed by atoms with Crippen LogP contribution in [0.1, 0.15) is 0 Å². The molecule has 3 aromatic rings. The van der Waals surface area contributed by atoms with Crippen LogP contribution in [-0.4, -0.2) is 19.7 Å². The molecule has 0 aliphatic rings. The summed E-state index contributed by atoms with van der Waals surface area (Å²) < 4.78 is 15.7. The Morgan fingerprint density at radius 1 is 1.37 bits per heavy atom. The molecule has 0 unspecified atom stereocenters. The molecule has 7 heteroatoms. The monoisotopic (exact) mass is 275 g/mol. The maximum Gasteiger partial charge on any atom is 0.190 e. The largest absolute Gasteiger partial charge is 0.398 e. The minimum Gasteiger partial charge on any atom is -0.398 e. The molecule has 1 aromatic carbocycles. The van der Waals surface area contributed by atoms with Crippen molar-refractivity contribution in [1.29, 1.82) is 0 Å². The molecule has 0 amide bonds. The summed E-state index contributed by atoms with van der Waals surface area (Å²) in [5, 5.41) is 5.28. The zero-order chi connectivity index (χ0) is 13.4. The molecule has 2 aromatic heterocycles. The number of hydrogen-bond donors (Lipinski definition) is 1. The van der Waals surface area contributed by atoms with Gasteiger partial charge in [-0.1, -0.05) is 0 Å². The van der Waals surface area contributed by atoms with Gasteiger partial charge in [-0.05, 0) is 30.0 Å². The van der Waals surface area contributed by atoms with Crippen LogP contribution in [0.15, 0.2) is 40.8 Å². The van der Waals surface area contributed by atoms with Gasteiger partial charge in [0, 0.05) is 24.3 Å². The van der Waals surface area contributed by atoms with Crippen LogP contribution in [0.4, 0.5) is 10.1 Å². The number of fused-ring (bicyclic) bond motifs is 1. The summed E-state index contributed by atoms with van der Waals surface area (Å²) in [7, 11) is 1.75. The van der Waals surface area contributed by atoms with Crippen LogP contribution in [0.25, 0.3) is 10.9 Å². The summed E-state index contributed by atoms with van der Waals surface area (Å²) in [6.07, 6.45) is 3.04. The highest BCUT2D eigenvalue weighted by atomic mass is 32.2. The molecule has 0 bridgehead atoms. The van der Waals surface area contributed by atoms with E-state index in [0.717, 1.165) is 5.39 Å². The van der Waals surface area contributed by atoms with Crippen LogP contribution in [0, 0.1) is 5.82 Å². The molecule has 0 saturated heterocycles. The van der Waals surface area contributed by atoms with Gasteiger partial charge in [0.05, 0.1) is 10.4 Å². The van der Waals surface area contributed by atoms with E-state index < -0.39 is 5.82 Å². The number of aromatic nitrogens is 4. The number of anilines is 1. The Morgan fingerprint density at radius 2 is 2.21 bits per heavy atom. The molecule has 5 nitrogen and oxygen atoms in total. The van der Waals surface area contributed by atoms with Gasteiger partial charge in [-0.15, -0.1) is 0 Å². The molecule has 0 saturated carbocycles. The third-order valence-electron chi connectivity index (χ3n) is 2.70. The number of hydrogen-bond acceptors (Lipinski definition) is 5. The van der Waals surface area contributed by atoms with E-state index in [4.69, 9.17) is 5.73 Å². The summed E-state index contributed by atoms with van der Waals surface area (Å²) in [5.41, 5.74) is 6.72. The summed E-state index contributed by atoms with van der Waals surface area (Å²) in [5.74, 6) is -0.406. The third-order valence-corrected chi connectivity index (χ3v) is 3.84. The lowest BCUT2D eigenvalue weighted by atomic mass is 10.2. The van der Waals surface area contributed by atoms with Crippen LogP contribution < -0.4 is 5.73 Å². The molecule has 0 aliphatic carbocycles. The summed E-state index contributed by atoms with van der Waals surface area (Å²) in [4.78, 5) is 8.69. The Balaban J connectivity index is 2.20. The second-order valence-electron chi connectivity index (χ2n) is 3.94. The van der Waals surface area contributed by atoms with E-state index >= 15 is 0 Å². The lowest BCUT2D eigenvalue weighted by molar-refractivity contribution is 0.604. The molecule has 2 N–H and O–H groups in total. The fraction of sp³-hybridized carbons (Fsp3) is 0.0833. The lowest BCUT2D eigenvalue weighted by Gasteiger charge is -2.08. The van der Waals surface area contributed by atoms with Crippen molar-refractivity contribution in [2.45, 2.75) is 10.1 Å². The molecular weight excluding hydrogens is 265 g/mol. The van der Waals surface area contributed by atoms with Crippen LogP contribution in [-0.2, 0) is 7.05 Å². The first-order chi connectivity index (χ1) is 9.16. The van der Waals surface area contributed by atoms with Gasteiger partial charge in [0.15, 0.2) is 5.16 Å². The van der Waals surface area contributed by atoms with Gasteiger partial charge < -0.3 is 5.73 Å². The average Bonchev–Trinajstić information content (AvgIpc) is 2.80. The Kier molecular flexibility index (Phi) is 2.83. The SMILES string of the molecule is Cn1ncnc1Sc1c(F)cc(N)c2cccnc12. The summed E-state index contributed by atoms with van der Waals surface area (Å²) >= 11 is 1.18. The van der Waals surface area contributed by atoms with E-state index in [-0.39, 0.29) is 0 Å². The van der Waals surface area contributed by atoms with Gasteiger partial charge in [-0.25, -0.2) is 14.1 Å². The Bertz CT molecular complexity index is 755. The number of nitrogen functional groups attached to an aromatic ring is 1. The van der Waals surface area contributed by atoms with E-state index in [9.17, 15) is 4.39 Å². The van der Waals surface area contributed by atoms with E-state index in [1.165, 1.54) is 24.2 Å². The average molecular weight is 275 g/mol. The van der Waals surface area contributed by atoms with Crippen molar-refractivity contribution in [2.24, 2.45) is 7.05 Å². The van der Waals surface area contributed by atoms with Gasteiger partial charge in [-0.3, -0.25) is 4.98 Å². The van der Waals surface area contributed by atoms with Crippen molar-refractivity contribution < 1.29 is 4.39 Å². The van der Waals surface area contributed by atoms with Crippen LogP contribution in [0.2, 0.25) is 0 Å². The molecule has 0 radical (unpaired) electrons. The highest BCUT2D eigenvalue weighted by molar-refractivity contribution is 7.99. The first kappa shape index (κ1) is 11.9. The van der Waals surface area contributed by atoms with Gasteiger partial charge in [-0.2, -0.15) is 5.10 Å². The van der Waals surface area contributed by atoms with Crippen molar-refractivity contribution in [3.8, 4) is 0 Å². The molecular formula is C12H10FN5S. The lowest BCUT2D eigenvalue weighted by Crippen LogP contribution is -1.97. The fourth-order valence-electron chi connectivity index (χ4n) is 1.78. The maximum atomic E-state index is 14.1. The predicted molar refractivity (Wildman–Crippen MR) is 71.2 cm³/mol. The molecule has 0 aliphatic heterocycles. The number of rotatable bonds is 2. The molecule has 0 fully saturated rings. The topological polar surface area (TPSA) is 69.6 Å². The van der Waals surface area contributed by atoms with E-state index in [1.54, 1.807) is 24.0 Å². The molecule has 96 valence electrons. The van der Waals surface area contributed by atoms with Crippen molar-refractivity contribution in [2.75, 3.05) is 5.73 Å². The minimum atomic E-state index is -0.406. The second-order valence-corrected chi connectivity index (χ2v) is 4.92. The van der Waals surface area contributed by atoms with E-state index in [2.05, 4.69) is 15.1 Å². The maximum absolute atomic E-state index is 14.1. The third kappa shape index (κ3) is 2.01.